The van der Waals surface area contributed by atoms with E-state index in [1.807, 2.05) is 0 Å². The lowest BCUT2D eigenvalue weighted by atomic mass is 10.2. The highest BCUT2D eigenvalue weighted by atomic mass is 16.5. The summed E-state index contributed by atoms with van der Waals surface area (Å²) in [6.07, 6.45) is 4.40. The van der Waals surface area contributed by atoms with E-state index in [0.717, 1.165) is 0 Å². The fraction of sp³-hybridized carbons (Fsp3) is 0.143. The van der Waals surface area contributed by atoms with Crippen molar-refractivity contribution in [1.82, 2.24) is 0 Å². The van der Waals surface area contributed by atoms with Gasteiger partial charge in [-0.2, -0.15) is 10.2 Å². The van der Waals surface area contributed by atoms with Gasteiger partial charge >= 0.3 is 0 Å². The molecule has 1 heterocycles. The van der Waals surface area contributed by atoms with E-state index in [1.165, 1.54) is 32.7 Å². The number of furan rings is 1. The molecule has 0 bridgehead atoms. The van der Waals surface area contributed by atoms with Crippen LogP contribution in [0.2, 0.25) is 0 Å². The van der Waals surface area contributed by atoms with Crippen molar-refractivity contribution in [2.45, 2.75) is 0 Å². The summed E-state index contributed by atoms with van der Waals surface area (Å²) in [5, 5.41) is 17.6. The van der Waals surface area contributed by atoms with E-state index in [0.29, 0.717) is 22.8 Å². The molecule has 6 nitrogen and oxygen atoms in total. The van der Waals surface area contributed by atoms with Crippen molar-refractivity contribution in [3.63, 3.8) is 0 Å². The van der Waals surface area contributed by atoms with Gasteiger partial charge in [0.1, 0.15) is 23.0 Å². The molecule has 2 aromatic rings. The van der Waals surface area contributed by atoms with Crippen LogP contribution in [-0.4, -0.2) is 31.8 Å². The number of benzene rings is 1. The summed E-state index contributed by atoms with van der Waals surface area (Å²) in [6, 6.07) is 6.63. The first-order valence-electron chi connectivity index (χ1n) is 5.79. The largest absolute Gasteiger partial charge is 0.507 e. The Morgan fingerprint density at radius 1 is 1.15 bits per heavy atom. The minimum Gasteiger partial charge on any atom is -0.507 e. The molecule has 0 spiro atoms. The highest BCUT2D eigenvalue weighted by molar-refractivity contribution is 5.88. The van der Waals surface area contributed by atoms with E-state index in [9.17, 15) is 5.11 Å². The molecule has 1 aromatic carbocycles. The Balaban J connectivity index is 2.20. The zero-order valence-corrected chi connectivity index (χ0v) is 11.1. The van der Waals surface area contributed by atoms with Gasteiger partial charge in [-0.3, -0.25) is 0 Å². The first-order chi connectivity index (χ1) is 9.74. The number of aromatic hydroxyl groups is 1. The molecule has 0 aliphatic heterocycles. The second kappa shape index (κ2) is 6.42. The van der Waals surface area contributed by atoms with E-state index < -0.39 is 0 Å². The lowest BCUT2D eigenvalue weighted by molar-refractivity contribution is 0.384. The number of rotatable bonds is 5. The Labute approximate surface area is 116 Å². The summed E-state index contributed by atoms with van der Waals surface area (Å²) in [4.78, 5) is 0. The van der Waals surface area contributed by atoms with Crippen molar-refractivity contribution in [2.24, 2.45) is 10.2 Å². The summed E-state index contributed by atoms with van der Waals surface area (Å²) < 4.78 is 15.3. The number of methoxy groups -OCH3 is 2. The normalized spacial score (nSPS) is 11.3. The van der Waals surface area contributed by atoms with Gasteiger partial charge in [-0.05, 0) is 12.1 Å². The average molecular weight is 274 g/mol. The molecule has 0 fully saturated rings. The second-order valence-corrected chi connectivity index (χ2v) is 3.77. The van der Waals surface area contributed by atoms with Crippen LogP contribution in [0.15, 0.2) is 45.1 Å². The van der Waals surface area contributed by atoms with Gasteiger partial charge in [-0.25, -0.2) is 0 Å². The van der Waals surface area contributed by atoms with Crippen LogP contribution in [-0.2, 0) is 0 Å². The van der Waals surface area contributed by atoms with Gasteiger partial charge in [0.05, 0.1) is 38.5 Å². The number of phenols is 1. The van der Waals surface area contributed by atoms with Gasteiger partial charge in [0.15, 0.2) is 0 Å². The quantitative estimate of drug-likeness (QED) is 0.671. The minimum atomic E-state index is -0.00171. The summed E-state index contributed by atoms with van der Waals surface area (Å²) in [5.41, 5.74) is 0.421. The number of hydrogen-bond acceptors (Lipinski definition) is 6. The van der Waals surface area contributed by atoms with Gasteiger partial charge in [-0.15, -0.1) is 0 Å². The van der Waals surface area contributed by atoms with Crippen molar-refractivity contribution in [1.29, 1.82) is 0 Å². The van der Waals surface area contributed by atoms with Gasteiger partial charge < -0.3 is 19.0 Å². The molecule has 0 radical (unpaired) electrons. The number of phenolic OH excluding ortho intramolecular Hbond substituents is 1. The lowest BCUT2D eigenvalue weighted by Crippen LogP contribution is -1.93. The van der Waals surface area contributed by atoms with E-state index in [4.69, 9.17) is 13.9 Å². The van der Waals surface area contributed by atoms with Crippen molar-refractivity contribution < 1.29 is 19.0 Å². The number of nitrogens with zero attached hydrogens (tertiary/aromatic N) is 2. The standard InChI is InChI=1S/C14H14N2O4/c1-18-11-6-13(17)12(14(7-11)19-2)9-16-15-8-10-4-3-5-20-10/h3-9,17H,1-2H3/b15-8-,16-9-. The maximum Gasteiger partial charge on any atom is 0.146 e. The van der Waals surface area contributed by atoms with Crippen LogP contribution in [0.4, 0.5) is 0 Å². The molecule has 0 atom stereocenters. The number of ether oxygens (including phenoxy) is 2. The summed E-state index contributed by atoms with van der Waals surface area (Å²) >= 11 is 0. The first-order valence-corrected chi connectivity index (χ1v) is 5.79. The minimum absolute atomic E-state index is 0.00171. The Kier molecular flexibility index (Phi) is 4.39. The topological polar surface area (TPSA) is 76.5 Å². The predicted octanol–water partition coefficient (Wildman–Crippen LogP) is 2.46. The zero-order valence-electron chi connectivity index (χ0n) is 11.1. The summed E-state index contributed by atoms with van der Waals surface area (Å²) in [5.74, 6) is 1.53. The maximum absolute atomic E-state index is 9.90. The van der Waals surface area contributed by atoms with Crippen molar-refractivity contribution in [2.75, 3.05) is 14.2 Å². The molecule has 6 heteroatoms. The molecule has 0 aliphatic rings. The fourth-order valence-electron chi connectivity index (χ4n) is 1.55. The SMILES string of the molecule is COc1cc(O)c(/C=N\N=C/c2ccco2)c(OC)c1. The van der Waals surface area contributed by atoms with Crippen LogP contribution < -0.4 is 9.47 Å². The van der Waals surface area contributed by atoms with Crippen LogP contribution in [0.5, 0.6) is 17.2 Å². The zero-order chi connectivity index (χ0) is 14.4. The summed E-state index contributed by atoms with van der Waals surface area (Å²) in [6.45, 7) is 0. The molecule has 0 amide bonds. The third-order valence-corrected chi connectivity index (χ3v) is 2.53. The van der Waals surface area contributed by atoms with E-state index >= 15 is 0 Å². The van der Waals surface area contributed by atoms with Crippen LogP contribution in [0.1, 0.15) is 11.3 Å². The highest BCUT2D eigenvalue weighted by Crippen LogP contribution is 2.31. The van der Waals surface area contributed by atoms with Crippen LogP contribution in [0.25, 0.3) is 0 Å². The van der Waals surface area contributed by atoms with E-state index in [-0.39, 0.29) is 5.75 Å². The lowest BCUT2D eigenvalue weighted by Gasteiger charge is -2.08. The van der Waals surface area contributed by atoms with Crippen LogP contribution in [0, 0.1) is 0 Å². The molecular formula is C14H14N2O4. The average Bonchev–Trinajstić information content (AvgIpc) is 2.97. The molecule has 20 heavy (non-hydrogen) atoms. The van der Waals surface area contributed by atoms with Gasteiger partial charge in [-0.1, -0.05) is 0 Å². The highest BCUT2D eigenvalue weighted by Gasteiger charge is 2.09. The van der Waals surface area contributed by atoms with Gasteiger partial charge in [0, 0.05) is 12.1 Å². The Bertz CT molecular complexity index is 618. The van der Waals surface area contributed by atoms with Crippen molar-refractivity contribution in [3.8, 4) is 17.2 Å². The van der Waals surface area contributed by atoms with Gasteiger partial charge in [0.25, 0.3) is 0 Å². The Morgan fingerprint density at radius 3 is 2.60 bits per heavy atom. The van der Waals surface area contributed by atoms with Crippen LogP contribution in [0.3, 0.4) is 0 Å². The molecule has 0 aliphatic carbocycles. The van der Waals surface area contributed by atoms with E-state index in [2.05, 4.69) is 10.2 Å². The molecule has 1 aromatic heterocycles. The summed E-state index contributed by atoms with van der Waals surface area (Å²) in [7, 11) is 3.01. The third kappa shape index (κ3) is 3.17. The number of hydrogen-bond donors (Lipinski definition) is 1. The van der Waals surface area contributed by atoms with Crippen LogP contribution >= 0.6 is 0 Å². The van der Waals surface area contributed by atoms with Crippen molar-refractivity contribution >= 4 is 12.4 Å². The van der Waals surface area contributed by atoms with E-state index in [1.54, 1.807) is 24.5 Å². The fourth-order valence-corrected chi connectivity index (χ4v) is 1.55. The maximum atomic E-state index is 9.90. The molecule has 0 unspecified atom stereocenters. The van der Waals surface area contributed by atoms with Gasteiger partial charge in [0.2, 0.25) is 0 Å². The molecule has 2 rings (SSSR count). The smallest absolute Gasteiger partial charge is 0.146 e. The monoisotopic (exact) mass is 274 g/mol. The molecule has 0 saturated heterocycles. The molecule has 1 N–H and O–H groups in total. The Hall–Kier alpha value is -2.76. The molecule has 0 saturated carbocycles. The third-order valence-electron chi connectivity index (χ3n) is 2.53. The molecular weight excluding hydrogens is 260 g/mol. The Morgan fingerprint density at radius 2 is 1.95 bits per heavy atom. The predicted molar refractivity (Wildman–Crippen MR) is 75.1 cm³/mol. The second-order valence-electron chi connectivity index (χ2n) is 3.77. The van der Waals surface area contributed by atoms with Crippen molar-refractivity contribution in [3.05, 3.63) is 41.9 Å². The first kappa shape index (κ1) is 13.7. The molecule has 104 valence electrons.